The summed E-state index contributed by atoms with van der Waals surface area (Å²) in [7, 11) is 1.57. The lowest BCUT2D eigenvalue weighted by Crippen LogP contribution is -2.00. The van der Waals surface area contributed by atoms with Gasteiger partial charge in [-0.3, -0.25) is 4.79 Å². The van der Waals surface area contributed by atoms with Gasteiger partial charge in [0.05, 0.1) is 19.6 Å². The zero-order valence-corrected chi connectivity index (χ0v) is 8.20. The average molecular weight is 189 g/mol. The fraction of sp³-hybridized carbons (Fsp3) is 0.273. The maximum atomic E-state index is 11.4. The van der Waals surface area contributed by atoms with E-state index in [1.807, 2.05) is 13.0 Å². The van der Waals surface area contributed by atoms with Gasteiger partial charge in [-0.2, -0.15) is 5.26 Å². The van der Waals surface area contributed by atoms with Crippen molar-refractivity contribution in [2.45, 2.75) is 13.3 Å². The molecule has 0 aliphatic carbocycles. The Morgan fingerprint density at radius 2 is 2.29 bits per heavy atom. The zero-order chi connectivity index (χ0) is 10.6. The summed E-state index contributed by atoms with van der Waals surface area (Å²) in [5, 5.41) is 8.39. The summed E-state index contributed by atoms with van der Waals surface area (Å²) in [5.74, 6) is 0.573. The van der Waals surface area contributed by atoms with Crippen molar-refractivity contribution in [2.75, 3.05) is 7.11 Å². The molecule has 1 aromatic carbocycles. The third kappa shape index (κ3) is 2.11. The number of ether oxygens (including phenoxy) is 1. The number of benzene rings is 1. The van der Waals surface area contributed by atoms with Crippen LogP contribution in [0.1, 0.15) is 22.3 Å². The smallest absolute Gasteiger partial charge is 0.177 e. The number of Topliss-reactive ketones (excluding diaryl/α,β-unsaturated/α-hetero) is 1. The summed E-state index contributed by atoms with van der Waals surface area (Å²) in [5.41, 5.74) is 1.43. The first kappa shape index (κ1) is 10.3. The first-order valence-corrected chi connectivity index (χ1v) is 4.24. The molecular formula is C11H11NO2. The minimum atomic E-state index is -0.146. The molecule has 0 aliphatic heterocycles. The maximum absolute atomic E-state index is 11.4. The Morgan fingerprint density at radius 3 is 2.79 bits per heavy atom. The van der Waals surface area contributed by atoms with Gasteiger partial charge in [0.1, 0.15) is 5.75 Å². The highest BCUT2D eigenvalue weighted by atomic mass is 16.5. The van der Waals surface area contributed by atoms with Gasteiger partial charge in [-0.25, -0.2) is 0 Å². The number of rotatable bonds is 3. The largest absolute Gasteiger partial charge is 0.497 e. The molecule has 0 aliphatic rings. The Labute approximate surface area is 82.9 Å². The molecule has 14 heavy (non-hydrogen) atoms. The van der Waals surface area contributed by atoms with Gasteiger partial charge in [-0.05, 0) is 30.7 Å². The van der Waals surface area contributed by atoms with Gasteiger partial charge in [0.2, 0.25) is 0 Å². The van der Waals surface area contributed by atoms with Crippen LogP contribution < -0.4 is 4.74 Å². The van der Waals surface area contributed by atoms with E-state index in [1.165, 1.54) is 0 Å². The number of carbonyl (C=O) groups excluding carboxylic acids is 1. The Bertz CT molecular complexity index is 391. The van der Waals surface area contributed by atoms with Gasteiger partial charge in [0.15, 0.2) is 5.78 Å². The van der Waals surface area contributed by atoms with E-state index >= 15 is 0 Å². The van der Waals surface area contributed by atoms with E-state index in [1.54, 1.807) is 25.3 Å². The van der Waals surface area contributed by atoms with Crippen molar-refractivity contribution < 1.29 is 9.53 Å². The molecular weight excluding hydrogens is 178 g/mol. The number of ketones is 1. The van der Waals surface area contributed by atoms with Crippen LogP contribution in [-0.2, 0) is 0 Å². The molecule has 0 bridgehead atoms. The predicted molar refractivity (Wildman–Crippen MR) is 52.3 cm³/mol. The molecule has 0 radical (unpaired) electrons. The second-order valence-corrected chi connectivity index (χ2v) is 2.94. The molecule has 0 aromatic heterocycles. The molecule has 1 aromatic rings. The molecule has 0 heterocycles. The molecule has 3 heteroatoms. The van der Waals surface area contributed by atoms with Crippen molar-refractivity contribution in [2.24, 2.45) is 0 Å². The van der Waals surface area contributed by atoms with E-state index in [4.69, 9.17) is 10.00 Å². The van der Waals surface area contributed by atoms with Crippen LogP contribution in [0.25, 0.3) is 0 Å². The molecule has 0 unspecified atom stereocenters. The average Bonchev–Trinajstić information content (AvgIpc) is 2.17. The minimum absolute atomic E-state index is 0.0762. The van der Waals surface area contributed by atoms with Crippen LogP contribution in [0, 0.1) is 18.3 Å². The van der Waals surface area contributed by atoms with Crippen LogP contribution in [0.5, 0.6) is 5.75 Å². The predicted octanol–water partition coefficient (Wildman–Crippen LogP) is 2.10. The fourth-order valence-corrected chi connectivity index (χ4v) is 1.24. The van der Waals surface area contributed by atoms with Crippen LogP contribution in [0.4, 0.5) is 0 Å². The van der Waals surface area contributed by atoms with Crippen LogP contribution in [0.2, 0.25) is 0 Å². The number of nitriles is 1. The highest BCUT2D eigenvalue weighted by molar-refractivity contribution is 5.98. The lowest BCUT2D eigenvalue weighted by Gasteiger charge is -2.05. The van der Waals surface area contributed by atoms with E-state index in [0.29, 0.717) is 5.56 Å². The minimum Gasteiger partial charge on any atom is -0.497 e. The maximum Gasteiger partial charge on any atom is 0.177 e. The third-order valence-corrected chi connectivity index (χ3v) is 1.97. The van der Waals surface area contributed by atoms with Crippen molar-refractivity contribution in [3.8, 4) is 11.8 Å². The topological polar surface area (TPSA) is 50.1 Å². The summed E-state index contributed by atoms with van der Waals surface area (Å²) < 4.78 is 5.01. The number of nitrogens with zero attached hydrogens (tertiary/aromatic N) is 1. The Kier molecular flexibility index (Phi) is 3.24. The van der Waals surface area contributed by atoms with E-state index in [0.717, 1.165) is 11.3 Å². The number of carbonyl (C=O) groups is 1. The zero-order valence-electron chi connectivity index (χ0n) is 8.20. The monoisotopic (exact) mass is 189 g/mol. The van der Waals surface area contributed by atoms with Gasteiger partial charge in [0, 0.05) is 5.56 Å². The number of hydrogen-bond acceptors (Lipinski definition) is 3. The van der Waals surface area contributed by atoms with Gasteiger partial charge in [0.25, 0.3) is 0 Å². The Hall–Kier alpha value is -1.82. The van der Waals surface area contributed by atoms with Gasteiger partial charge in [-0.15, -0.1) is 0 Å². The Morgan fingerprint density at radius 1 is 1.57 bits per heavy atom. The lowest BCUT2D eigenvalue weighted by molar-refractivity contribution is 0.0997. The number of hydrogen-bond donors (Lipinski definition) is 0. The van der Waals surface area contributed by atoms with Crippen molar-refractivity contribution >= 4 is 5.78 Å². The van der Waals surface area contributed by atoms with E-state index in [9.17, 15) is 4.79 Å². The standard InChI is InChI=1S/C11H11NO2/c1-8-7-9(14-2)3-4-10(8)11(13)5-6-12/h3-4,7H,5H2,1-2H3. The molecule has 0 amide bonds. The first-order chi connectivity index (χ1) is 6.69. The fourth-order valence-electron chi connectivity index (χ4n) is 1.24. The van der Waals surface area contributed by atoms with Crippen LogP contribution in [0.3, 0.4) is 0 Å². The molecule has 72 valence electrons. The van der Waals surface area contributed by atoms with Crippen LogP contribution in [-0.4, -0.2) is 12.9 Å². The highest BCUT2D eigenvalue weighted by Crippen LogP contribution is 2.17. The van der Waals surface area contributed by atoms with Crippen molar-refractivity contribution in [3.05, 3.63) is 29.3 Å². The SMILES string of the molecule is COc1ccc(C(=O)CC#N)c(C)c1. The lowest BCUT2D eigenvalue weighted by atomic mass is 10.0. The van der Waals surface area contributed by atoms with Crippen molar-refractivity contribution in [3.63, 3.8) is 0 Å². The molecule has 1 rings (SSSR count). The molecule has 0 spiro atoms. The summed E-state index contributed by atoms with van der Waals surface area (Å²) in [6.45, 7) is 1.83. The number of aryl methyl sites for hydroxylation is 1. The molecule has 3 nitrogen and oxygen atoms in total. The van der Waals surface area contributed by atoms with Crippen LogP contribution in [0.15, 0.2) is 18.2 Å². The van der Waals surface area contributed by atoms with Gasteiger partial charge >= 0.3 is 0 Å². The van der Waals surface area contributed by atoms with Crippen LogP contribution >= 0.6 is 0 Å². The molecule has 0 atom stereocenters. The van der Waals surface area contributed by atoms with E-state index in [-0.39, 0.29) is 12.2 Å². The highest BCUT2D eigenvalue weighted by Gasteiger charge is 2.08. The quantitative estimate of drug-likeness (QED) is 0.684. The van der Waals surface area contributed by atoms with Crippen molar-refractivity contribution in [1.29, 1.82) is 5.26 Å². The summed E-state index contributed by atoms with van der Waals surface area (Å²) in [6.07, 6.45) is -0.0762. The second kappa shape index (κ2) is 4.43. The summed E-state index contributed by atoms with van der Waals surface area (Å²) in [6, 6.07) is 7.03. The summed E-state index contributed by atoms with van der Waals surface area (Å²) >= 11 is 0. The second-order valence-electron chi connectivity index (χ2n) is 2.94. The van der Waals surface area contributed by atoms with Gasteiger partial charge < -0.3 is 4.74 Å². The van der Waals surface area contributed by atoms with E-state index in [2.05, 4.69) is 0 Å². The summed E-state index contributed by atoms with van der Waals surface area (Å²) in [4.78, 5) is 11.4. The third-order valence-electron chi connectivity index (χ3n) is 1.97. The Balaban J connectivity index is 3.01. The van der Waals surface area contributed by atoms with Crippen molar-refractivity contribution in [1.82, 2.24) is 0 Å². The molecule has 0 saturated heterocycles. The van der Waals surface area contributed by atoms with E-state index < -0.39 is 0 Å². The first-order valence-electron chi connectivity index (χ1n) is 4.24. The normalized spacial score (nSPS) is 9.21. The molecule has 0 fully saturated rings. The van der Waals surface area contributed by atoms with Gasteiger partial charge in [-0.1, -0.05) is 0 Å². The number of methoxy groups -OCH3 is 1. The molecule has 0 N–H and O–H groups in total. The molecule has 0 saturated carbocycles.